The molecule has 2 heterocycles. The van der Waals surface area contributed by atoms with E-state index < -0.39 is 15.9 Å². The van der Waals surface area contributed by atoms with Crippen LogP contribution in [0.2, 0.25) is 0 Å². The van der Waals surface area contributed by atoms with Gasteiger partial charge in [-0.1, -0.05) is 48.4 Å². The van der Waals surface area contributed by atoms with Crippen molar-refractivity contribution in [3.05, 3.63) is 87.6 Å². The maximum absolute atomic E-state index is 13.4. The van der Waals surface area contributed by atoms with Gasteiger partial charge in [-0.2, -0.15) is 5.10 Å². The minimum absolute atomic E-state index is 0.0994. The molecule has 174 valence electrons. The number of nitrogens with zero attached hydrogens (tertiary/aromatic N) is 2. The van der Waals surface area contributed by atoms with Crippen molar-refractivity contribution in [1.82, 2.24) is 9.78 Å². The first kappa shape index (κ1) is 22.0. The van der Waals surface area contributed by atoms with Gasteiger partial charge < -0.3 is 5.11 Å². The van der Waals surface area contributed by atoms with Crippen molar-refractivity contribution in [1.29, 1.82) is 0 Å². The summed E-state index contributed by atoms with van der Waals surface area (Å²) in [6.45, 7) is 4.23. The third-order valence-corrected chi connectivity index (χ3v) is 11.0. The van der Waals surface area contributed by atoms with E-state index in [1.807, 2.05) is 16.9 Å². The molecule has 6 rings (SSSR count). The van der Waals surface area contributed by atoms with Gasteiger partial charge in [0.05, 0.1) is 33.5 Å². The number of aliphatic hydroxyl groups is 1. The SMILES string of the molecule is Cc1ccc(-n2ncc3c2C=C2CC[C@H]([C@H](O)C4=C(Br)c5ccccc5S4(=O)=O)[C@@]2(C)C3)cc1. The summed E-state index contributed by atoms with van der Waals surface area (Å²) in [7, 11) is -3.75. The third-order valence-electron chi connectivity index (χ3n) is 7.88. The maximum atomic E-state index is 13.4. The van der Waals surface area contributed by atoms with Crippen LogP contribution in [-0.2, 0) is 16.3 Å². The van der Waals surface area contributed by atoms with Gasteiger partial charge in [-0.3, -0.25) is 0 Å². The molecular formula is C27H25BrN2O3S. The fraction of sp³-hybridized carbons (Fsp3) is 0.296. The van der Waals surface area contributed by atoms with E-state index in [1.165, 1.54) is 11.1 Å². The number of hydrogen-bond acceptors (Lipinski definition) is 4. The van der Waals surface area contributed by atoms with Gasteiger partial charge in [0.15, 0.2) is 0 Å². The van der Waals surface area contributed by atoms with E-state index in [0.29, 0.717) is 10.0 Å². The Kier molecular flexibility index (Phi) is 4.86. The van der Waals surface area contributed by atoms with Crippen LogP contribution in [0.1, 0.15) is 42.1 Å². The van der Waals surface area contributed by atoms with E-state index in [-0.39, 0.29) is 21.1 Å². The van der Waals surface area contributed by atoms with Crippen molar-refractivity contribution >= 4 is 36.3 Å². The van der Waals surface area contributed by atoms with Crippen LogP contribution in [0, 0.1) is 18.3 Å². The average molecular weight is 537 g/mol. The Morgan fingerprint density at radius 1 is 1.18 bits per heavy atom. The van der Waals surface area contributed by atoms with Gasteiger partial charge in [0.25, 0.3) is 0 Å². The first-order chi connectivity index (χ1) is 16.2. The highest BCUT2D eigenvalue weighted by Crippen LogP contribution is 2.57. The normalized spacial score (nSPS) is 25.5. The minimum atomic E-state index is -3.75. The second-order valence-electron chi connectivity index (χ2n) is 9.83. The monoisotopic (exact) mass is 536 g/mol. The van der Waals surface area contributed by atoms with E-state index in [2.05, 4.69) is 65.2 Å². The molecule has 1 N–H and O–H groups in total. The lowest BCUT2D eigenvalue weighted by atomic mass is 9.68. The molecule has 1 fully saturated rings. The van der Waals surface area contributed by atoms with Gasteiger partial charge in [-0.15, -0.1) is 0 Å². The van der Waals surface area contributed by atoms with Crippen molar-refractivity contribution in [2.45, 2.75) is 44.1 Å². The van der Waals surface area contributed by atoms with Gasteiger partial charge in [0, 0.05) is 10.0 Å². The summed E-state index contributed by atoms with van der Waals surface area (Å²) in [6.07, 6.45) is 5.32. The van der Waals surface area contributed by atoms with E-state index in [1.54, 1.807) is 18.2 Å². The van der Waals surface area contributed by atoms with Crippen LogP contribution in [0.15, 0.2) is 70.1 Å². The minimum Gasteiger partial charge on any atom is -0.387 e. The maximum Gasteiger partial charge on any atom is 0.207 e. The molecule has 7 heteroatoms. The number of benzene rings is 2. The van der Waals surface area contributed by atoms with Crippen molar-refractivity contribution in [2.24, 2.45) is 11.3 Å². The molecule has 2 aliphatic carbocycles. The van der Waals surface area contributed by atoms with Crippen LogP contribution in [0.5, 0.6) is 0 Å². The summed E-state index contributed by atoms with van der Waals surface area (Å²) in [5.74, 6) is -0.207. The number of halogens is 1. The molecule has 5 nitrogen and oxygen atoms in total. The van der Waals surface area contributed by atoms with Crippen LogP contribution >= 0.6 is 15.9 Å². The second-order valence-corrected chi connectivity index (χ2v) is 12.5. The van der Waals surface area contributed by atoms with Gasteiger partial charge >= 0.3 is 0 Å². The fourth-order valence-electron chi connectivity index (χ4n) is 6.00. The van der Waals surface area contributed by atoms with Crippen molar-refractivity contribution in [2.75, 3.05) is 0 Å². The fourth-order valence-corrected chi connectivity index (χ4v) is 9.13. The van der Waals surface area contributed by atoms with Crippen LogP contribution < -0.4 is 0 Å². The standard InChI is InChI=1S/C27H25BrN2O3S/c1-16-7-10-19(11-8-16)30-22-13-18-9-12-21(27(18,2)14-17(22)15-29-30)25(31)26-24(28)20-5-3-4-6-23(20)34(26,32)33/h3-8,10-11,13,15,21,25,31H,9,12,14H2,1-2H3/t21-,25+,27+/m1/s1. The summed E-state index contributed by atoms with van der Waals surface area (Å²) < 4.78 is 29.2. The smallest absolute Gasteiger partial charge is 0.207 e. The summed E-state index contributed by atoms with van der Waals surface area (Å²) in [5.41, 5.74) is 5.96. The summed E-state index contributed by atoms with van der Waals surface area (Å²) in [6, 6.07) is 15.2. The molecule has 1 saturated carbocycles. The highest BCUT2D eigenvalue weighted by molar-refractivity contribution is 9.15. The number of rotatable bonds is 3. The molecule has 1 aliphatic heterocycles. The second kappa shape index (κ2) is 7.51. The average Bonchev–Trinajstić information content (AvgIpc) is 3.42. The zero-order valence-corrected chi connectivity index (χ0v) is 21.4. The number of fused-ring (bicyclic) bond motifs is 3. The number of aryl methyl sites for hydroxylation is 1. The first-order valence-electron chi connectivity index (χ1n) is 11.5. The Bertz CT molecular complexity index is 1500. The Balaban J connectivity index is 1.38. The molecule has 3 aliphatic rings. The molecule has 0 unspecified atom stereocenters. The van der Waals surface area contributed by atoms with Gasteiger partial charge in [0.2, 0.25) is 9.84 Å². The number of aliphatic hydroxyl groups excluding tert-OH is 1. The molecule has 0 saturated heterocycles. The molecule has 34 heavy (non-hydrogen) atoms. The number of aromatic nitrogens is 2. The Labute approximate surface area is 207 Å². The lowest BCUT2D eigenvalue weighted by Gasteiger charge is -2.38. The predicted molar refractivity (Wildman–Crippen MR) is 136 cm³/mol. The largest absolute Gasteiger partial charge is 0.387 e. The molecular weight excluding hydrogens is 512 g/mol. The van der Waals surface area contributed by atoms with Crippen molar-refractivity contribution in [3.8, 4) is 5.69 Å². The van der Waals surface area contributed by atoms with E-state index in [4.69, 9.17) is 0 Å². The Hall–Kier alpha value is -2.48. The summed E-state index contributed by atoms with van der Waals surface area (Å²) >= 11 is 3.50. The van der Waals surface area contributed by atoms with Crippen molar-refractivity contribution in [3.63, 3.8) is 0 Å². The Morgan fingerprint density at radius 3 is 2.65 bits per heavy atom. The molecule has 0 spiro atoms. The van der Waals surface area contributed by atoms with Gasteiger partial charge in [-0.25, -0.2) is 13.1 Å². The van der Waals surface area contributed by atoms with Gasteiger partial charge in [-0.05, 0) is 83.3 Å². The highest BCUT2D eigenvalue weighted by Gasteiger charge is 2.52. The molecule has 0 radical (unpaired) electrons. The number of sulfone groups is 1. The third kappa shape index (κ3) is 3.00. The van der Waals surface area contributed by atoms with Crippen LogP contribution in [0.3, 0.4) is 0 Å². The van der Waals surface area contributed by atoms with E-state index in [0.717, 1.165) is 36.2 Å². The number of hydrogen-bond donors (Lipinski definition) is 1. The molecule has 3 aromatic rings. The first-order valence-corrected chi connectivity index (χ1v) is 13.8. The molecule has 0 amide bonds. The predicted octanol–water partition coefficient (Wildman–Crippen LogP) is 5.45. The van der Waals surface area contributed by atoms with E-state index in [9.17, 15) is 13.5 Å². The zero-order chi connectivity index (χ0) is 23.8. The summed E-state index contributed by atoms with van der Waals surface area (Å²) in [4.78, 5) is 0.363. The molecule has 2 aromatic carbocycles. The van der Waals surface area contributed by atoms with Gasteiger partial charge in [0.1, 0.15) is 0 Å². The topological polar surface area (TPSA) is 72.2 Å². The Morgan fingerprint density at radius 2 is 1.91 bits per heavy atom. The quantitative estimate of drug-likeness (QED) is 0.483. The number of allylic oxidation sites excluding steroid dienone is 1. The lowest BCUT2D eigenvalue weighted by Crippen LogP contribution is -2.38. The van der Waals surface area contributed by atoms with Crippen LogP contribution in [0.25, 0.3) is 16.2 Å². The molecule has 3 atom stereocenters. The van der Waals surface area contributed by atoms with Crippen LogP contribution in [-0.4, -0.2) is 29.4 Å². The lowest BCUT2D eigenvalue weighted by molar-refractivity contribution is 0.0893. The highest BCUT2D eigenvalue weighted by atomic mass is 79.9. The van der Waals surface area contributed by atoms with Crippen LogP contribution in [0.4, 0.5) is 0 Å². The van der Waals surface area contributed by atoms with Crippen molar-refractivity contribution < 1.29 is 13.5 Å². The molecule has 0 bridgehead atoms. The van der Waals surface area contributed by atoms with E-state index >= 15 is 0 Å². The summed E-state index contributed by atoms with van der Waals surface area (Å²) in [5, 5.41) is 16.2. The molecule has 1 aromatic heterocycles. The zero-order valence-electron chi connectivity index (χ0n) is 19.0.